The van der Waals surface area contributed by atoms with Crippen molar-refractivity contribution in [1.82, 2.24) is 5.32 Å². The summed E-state index contributed by atoms with van der Waals surface area (Å²) in [4.78, 5) is 11.5. The molecule has 19 heavy (non-hydrogen) atoms. The van der Waals surface area contributed by atoms with E-state index in [1.807, 2.05) is 0 Å². The Bertz CT molecular complexity index is 250. The molecule has 0 saturated carbocycles. The van der Waals surface area contributed by atoms with Crippen molar-refractivity contribution in [2.75, 3.05) is 53.3 Å². The van der Waals surface area contributed by atoms with Crippen molar-refractivity contribution in [3.63, 3.8) is 0 Å². The maximum Gasteiger partial charge on any atom is 0.323 e. The Morgan fingerprint density at radius 2 is 1.79 bits per heavy atom. The van der Waals surface area contributed by atoms with E-state index in [-0.39, 0.29) is 12.6 Å². The summed E-state index contributed by atoms with van der Waals surface area (Å²) in [6, 6.07) is -0.396. The molecule has 112 valence electrons. The van der Waals surface area contributed by atoms with E-state index in [0.29, 0.717) is 46.0 Å². The number of nitrogens with one attached hydrogen (secondary N) is 1. The summed E-state index contributed by atoms with van der Waals surface area (Å²) in [7, 11) is 1.62. The smallest absolute Gasteiger partial charge is 0.323 e. The van der Waals surface area contributed by atoms with Gasteiger partial charge in [0.15, 0.2) is 0 Å². The van der Waals surface area contributed by atoms with E-state index in [2.05, 4.69) is 5.32 Å². The second-order valence-electron chi connectivity index (χ2n) is 4.24. The normalized spacial score (nSPS) is 22.6. The largest absolute Gasteiger partial charge is 0.462 e. The van der Waals surface area contributed by atoms with Crippen LogP contribution in [-0.4, -0.2) is 76.5 Å². The van der Waals surface area contributed by atoms with Gasteiger partial charge in [0, 0.05) is 20.1 Å². The van der Waals surface area contributed by atoms with Crippen molar-refractivity contribution in [2.24, 2.45) is 0 Å². The molecule has 0 amide bonds. The third-order valence-corrected chi connectivity index (χ3v) is 2.67. The summed E-state index contributed by atoms with van der Waals surface area (Å²) in [5.74, 6) is -0.337. The van der Waals surface area contributed by atoms with Crippen LogP contribution in [0.25, 0.3) is 0 Å². The zero-order valence-electron chi connectivity index (χ0n) is 11.3. The van der Waals surface area contributed by atoms with Crippen LogP contribution >= 0.6 is 0 Å². The summed E-state index contributed by atoms with van der Waals surface area (Å²) in [5.41, 5.74) is 0. The van der Waals surface area contributed by atoms with E-state index in [1.165, 1.54) is 0 Å². The summed E-state index contributed by atoms with van der Waals surface area (Å²) in [6.45, 7) is 3.06. The molecule has 1 aliphatic heterocycles. The molecule has 0 aromatic rings. The number of hydrogen-bond donors (Lipinski definition) is 2. The highest BCUT2D eigenvalue weighted by Gasteiger charge is 2.28. The van der Waals surface area contributed by atoms with Crippen LogP contribution < -0.4 is 5.32 Å². The average Bonchev–Trinajstić information content (AvgIpc) is 2.83. The lowest BCUT2D eigenvalue weighted by Gasteiger charge is -2.10. The van der Waals surface area contributed by atoms with Crippen LogP contribution in [0.5, 0.6) is 0 Å². The molecule has 2 atom stereocenters. The first-order valence-electron chi connectivity index (χ1n) is 6.46. The van der Waals surface area contributed by atoms with Crippen molar-refractivity contribution in [2.45, 2.75) is 18.6 Å². The molecule has 1 rings (SSSR count). The quantitative estimate of drug-likeness (QED) is 0.388. The van der Waals surface area contributed by atoms with E-state index >= 15 is 0 Å². The van der Waals surface area contributed by atoms with Crippen LogP contribution in [0.2, 0.25) is 0 Å². The van der Waals surface area contributed by atoms with Crippen LogP contribution in [0.15, 0.2) is 0 Å². The Morgan fingerprint density at radius 3 is 2.37 bits per heavy atom. The van der Waals surface area contributed by atoms with E-state index in [4.69, 9.17) is 18.9 Å². The van der Waals surface area contributed by atoms with Gasteiger partial charge in [-0.25, -0.2) is 0 Å². The highest BCUT2D eigenvalue weighted by Crippen LogP contribution is 2.07. The van der Waals surface area contributed by atoms with Crippen LogP contribution in [0.4, 0.5) is 0 Å². The molecule has 1 heterocycles. The van der Waals surface area contributed by atoms with E-state index in [1.54, 1.807) is 7.11 Å². The Morgan fingerprint density at radius 1 is 1.16 bits per heavy atom. The number of methoxy groups -OCH3 is 1. The molecule has 0 aromatic heterocycles. The van der Waals surface area contributed by atoms with Crippen molar-refractivity contribution in [1.29, 1.82) is 0 Å². The molecule has 0 spiro atoms. The number of hydrogen-bond acceptors (Lipinski definition) is 7. The van der Waals surface area contributed by atoms with Crippen LogP contribution in [0, 0.1) is 0 Å². The highest BCUT2D eigenvalue weighted by molar-refractivity contribution is 5.76. The van der Waals surface area contributed by atoms with Gasteiger partial charge in [0.2, 0.25) is 0 Å². The lowest BCUT2D eigenvalue weighted by atomic mass is 10.2. The highest BCUT2D eigenvalue weighted by atomic mass is 16.6. The first kappa shape index (κ1) is 16.3. The summed E-state index contributed by atoms with van der Waals surface area (Å²) < 4.78 is 20.3. The lowest BCUT2D eigenvalue weighted by molar-refractivity contribution is -0.147. The minimum absolute atomic E-state index is 0.213. The molecule has 1 saturated heterocycles. The van der Waals surface area contributed by atoms with Gasteiger partial charge < -0.3 is 29.4 Å². The van der Waals surface area contributed by atoms with Crippen molar-refractivity contribution in [3.05, 3.63) is 0 Å². The van der Waals surface area contributed by atoms with Crippen molar-refractivity contribution < 1.29 is 28.8 Å². The Kier molecular flexibility index (Phi) is 8.68. The Balaban J connectivity index is 1.86. The fourth-order valence-corrected chi connectivity index (χ4v) is 1.66. The molecule has 0 aromatic carbocycles. The van der Waals surface area contributed by atoms with Crippen molar-refractivity contribution >= 4 is 5.97 Å². The molecule has 0 bridgehead atoms. The minimum atomic E-state index is -0.460. The zero-order valence-corrected chi connectivity index (χ0v) is 11.3. The molecule has 2 N–H and O–H groups in total. The molecule has 7 nitrogen and oxygen atoms in total. The van der Waals surface area contributed by atoms with E-state index < -0.39 is 12.1 Å². The number of aliphatic hydroxyl groups is 1. The van der Waals surface area contributed by atoms with Crippen molar-refractivity contribution in [3.8, 4) is 0 Å². The average molecular weight is 277 g/mol. The lowest BCUT2D eigenvalue weighted by Crippen LogP contribution is -2.33. The van der Waals surface area contributed by atoms with Gasteiger partial charge in [-0.05, 0) is 0 Å². The number of carbonyl (C=O) groups is 1. The first-order valence-corrected chi connectivity index (χ1v) is 6.46. The first-order chi connectivity index (χ1) is 9.24. The second-order valence-corrected chi connectivity index (χ2v) is 4.24. The molecule has 1 fully saturated rings. The van der Waals surface area contributed by atoms with Gasteiger partial charge in [-0.3, -0.25) is 4.79 Å². The number of aliphatic hydroxyl groups excluding tert-OH is 1. The number of esters is 1. The van der Waals surface area contributed by atoms with Gasteiger partial charge in [0.05, 0.1) is 39.1 Å². The van der Waals surface area contributed by atoms with Gasteiger partial charge in [0.25, 0.3) is 0 Å². The SMILES string of the molecule is COCCOCCOCCOC(=O)[C@@H]1C[C@@H](O)CN1. The fraction of sp³-hybridized carbons (Fsp3) is 0.917. The molecular formula is C12H23NO6. The third-order valence-electron chi connectivity index (χ3n) is 2.67. The van der Waals surface area contributed by atoms with Gasteiger partial charge in [-0.1, -0.05) is 0 Å². The van der Waals surface area contributed by atoms with Crippen LogP contribution in [0.3, 0.4) is 0 Å². The second kappa shape index (κ2) is 10.1. The number of β-amino-alcohol motifs (C(OH)–C–C–N with tert-alkyl or cyclic N) is 1. The Hall–Kier alpha value is -0.730. The van der Waals surface area contributed by atoms with E-state index in [0.717, 1.165) is 0 Å². The summed E-state index contributed by atoms with van der Waals surface area (Å²) >= 11 is 0. The predicted octanol–water partition coefficient (Wildman–Crippen LogP) is -1.07. The molecule has 1 aliphatic rings. The molecule has 0 aliphatic carbocycles. The number of ether oxygens (including phenoxy) is 4. The zero-order chi connectivity index (χ0) is 13.9. The van der Waals surface area contributed by atoms with Gasteiger partial charge >= 0.3 is 5.97 Å². The maximum atomic E-state index is 11.5. The number of rotatable bonds is 10. The summed E-state index contributed by atoms with van der Waals surface area (Å²) in [5, 5.41) is 12.2. The van der Waals surface area contributed by atoms with Crippen LogP contribution in [-0.2, 0) is 23.7 Å². The molecule has 7 heteroatoms. The predicted molar refractivity (Wildman–Crippen MR) is 66.9 cm³/mol. The maximum absolute atomic E-state index is 11.5. The van der Waals surface area contributed by atoms with Gasteiger partial charge in [-0.15, -0.1) is 0 Å². The third kappa shape index (κ3) is 7.44. The van der Waals surface area contributed by atoms with Crippen LogP contribution in [0.1, 0.15) is 6.42 Å². The van der Waals surface area contributed by atoms with Gasteiger partial charge in [-0.2, -0.15) is 0 Å². The Labute approximate surface area is 113 Å². The fourth-order valence-electron chi connectivity index (χ4n) is 1.66. The molecule has 0 radical (unpaired) electrons. The minimum Gasteiger partial charge on any atom is -0.462 e. The molecule has 0 unspecified atom stereocenters. The number of carbonyl (C=O) groups excluding carboxylic acids is 1. The van der Waals surface area contributed by atoms with Gasteiger partial charge in [0.1, 0.15) is 12.6 Å². The monoisotopic (exact) mass is 277 g/mol. The topological polar surface area (TPSA) is 86.2 Å². The van der Waals surface area contributed by atoms with E-state index in [9.17, 15) is 9.90 Å². The standard InChI is InChI=1S/C12H23NO6/c1-16-2-3-17-4-5-18-6-7-19-12(15)11-8-10(14)9-13-11/h10-11,13-14H,2-9H2,1H3/t10-,11+/m1/s1. The summed E-state index contributed by atoms with van der Waals surface area (Å²) in [6.07, 6.45) is -0.0504. The molecular weight excluding hydrogens is 254 g/mol.